The molecule has 3 rings (SSSR count). The number of amides is 1. The van der Waals surface area contributed by atoms with Crippen molar-refractivity contribution >= 4 is 18.3 Å². The third-order valence-corrected chi connectivity index (χ3v) is 5.32. The standard InChI is InChI=1S/C17H28N4O3.ClH/c1-13(18-2)11-14-19-16(24-20-14)17(5-3-4-6-17)12-15(22)21-7-9-23-10-8-21;/h13,18H,3-12H2,1-2H3;1H. The number of morpholine rings is 1. The van der Waals surface area contributed by atoms with Crippen molar-refractivity contribution in [3.05, 3.63) is 11.7 Å². The minimum atomic E-state index is -0.274. The summed E-state index contributed by atoms with van der Waals surface area (Å²) in [5, 5.41) is 7.33. The van der Waals surface area contributed by atoms with Crippen LogP contribution in [0, 0.1) is 0 Å². The lowest BCUT2D eigenvalue weighted by Gasteiger charge is -2.31. The van der Waals surface area contributed by atoms with E-state index in [1.807, 2.05) is 11.9 Å². The first-order chi connectivity index (χ1) is 11.6. The normalized spacial score (nSPS) is 21.0. The largest absolute Gasteiger partial charge is 0.378 e. The van der Waals surface area contributed by atoms with Gasteiger partial charge in [0.15, 0.2) is 5.82 Å². The van der Waals surface area contributed by atoms with Gasteiger partial charge >= 0.3 is 0 Å². The number of halogens is 1. The first-order valence-corrected chi connectivity index (χ1v) is 8.99. The van der Waals surface area contributed by atoms with Crippen LogP contribution >= 0.6 is 12.4 Å². The van der Waals surface area contributed by atoms with Crippen LogP contribution in [0.5, 0.6) is 0 Å². The van der Waals surface area contributed by atoms with Crippen LogP contribution in [-0.2, 0) is 21.4 Å². The van der Waals surface area contributed by atoms with Gasteiger partial charge in [-0.2, -0.15) is 4.98 Å². The molecule has 1 amide bonds. The SMILES string of the molecule is CNC(C)Cc1noc(C2(CC(=O)N3CCOCC3)CCCC2)n1.Cl. The zero-order valence-corrected chi connectivity index (χ0v) is 15.9. The Bertz CT molecular complexity index is 554. The zero-order valence-electron chi connectivity index (χ0n) is 15.1. The topological polar surface area (TPSA) is 80.5 Å². The van der Waals surface area contributed by atoms with Gasteiger partial charge in [0.05, 0.1) is 18.6 Å². The third-order valence-electron chi connectivity index (χ3n) is 5.32. The lowest BCUT2D eigenvalue weighted by molar-refractivity contribution is -0.136. The van der Waals surface area contributed by atoms with Gasteiger partial charge in [-0.3, -0.25) is 4.79 Å². The predicted molar refractivity (Wildman–Crippen MR) is 95.9 cm³/mol. The van der Waals surface area contributed by atoms with Gasteiger partial charge < -0.3 is 19.5 Å². The van der Waals surface area contributed by atoms with Crippen molar-refractivity contribution in [2.45, 2.75) is 56.9 Å². The second-order valence-corrected chi connectivity index (χ2v) is 7.07. The van der Waals surface area contributed by atoms with E-state index in [0.29, 0.717) is 44.7 Å². The summed E-state index contributed by atoms with van der Waals surface area (Å²) in [4.78, 5) is 19.3. The van der Waals surface area contributed by atoms with Crippen LogP contribution in [0.25, 0.3) is 0 Å². The molecule has 1 aliphatic heterocycles. The molecule has 0 bridgehead atoms. The van der Waals surface area contributed by atoms with Crippen LogP contribution in [0.2, 0.25) is 0 Å². The quantitative estimate of drug-likeness (QED) is 0.818. The molecule has 25 heavy (non-hydrogen) atoms. The summed E-state index contributed by atoms with van der Waals surface area (Å²) in [5.41, 5.74) is -0.274. The molecule has 1 aromatic rings. The van der Waals surface area contributed by atoms with Crippen molar-refractivity contribution < 1.29 is 14.1 Å². The van der Waals surface area contributed by atoms with E-state index in [1.165, 1.54) is 0 Å². The number of hydrogen-bond donors (Lipinski definition) is 1. The Morgan fingerprint density at radius 3 is 2.64 bits per heavy atom. The van der Waals surface area contributed by atoms with E-state index in [2.05, 4.69) is 22.4 Å². The maximum atomic E-state index is 12.7. The van der Waals surface area contributed by atoms with E-state index in [4.69, 9.17) is 9.26 Å². The number of nitrogens with one attached hydrogen (secondary N) is 1. The van der Waals surface area contributed by atoms with E-state index < -0.39 is 0 Å². The van der Waals surface area contributed by atoms with Gasteiger partial charge in [-0.05, 0) is 26.8 Å². The molecule has 1 aromatic heterocycles. The van der Waals surface area contributed by atoms with E-state index >= 15 is 0 Å². The summed E-state index contributed by atoms with van der Waals surface area (Å²) in [6.45, 7) is 4.72. The van der Waals surface area contributed by atoms with Crippen LogP contribution in [0.15, 0.2) is 4.52 Å². The molecule has 1 saturated heterocycles. The Hall–Kier alpha value is -1.18. The van der Waals surface area contributed by atoms with Crippen LogP contribution in [0.3, 0.4) is 0 Å². The lowest BCUT2D eigenvalue weighted by atomic mass is 9.82. The Morgan fingerprint density at radius 2 is 2.00 bits per heavy atom. The number of rotatable bonds is 6. The molecule has 2 aliphatic rings. The fraction of sp³-hybridized carbons (Fsp3) is 0.824. The Morgan fingerprint density at radius 1 is 1.32 bits per heavy atom. The van der Waals surface area contributed by atoms with Crippen LogP contribution in [0.4, 0.5) is 0 Å². The predicted octanol–water partition coefficient (Wildman–Crippen LogP) is 1.70. The van der Waals surface area contributed by atoms with Crippen LogP contribution in [0.1, 0.15) is 50.7 Å². The average Bonchev–Trinajstić information content (AvgIpc) is 3.26. The molecular formula is C17H29ClN4O3. The van der Waals surface area contributed by atoms with Gasteiger partial charge in [0.2, 0.25) is 11.8 Å². The van der Waals surface area contributed by atoms with Crippen LogP contribution < -0.4 is 5.32 Å². The van der Waals surface area contributed by atoms with E-state index in [-0.39, 0.29) is 23.7 Å². The molecule has 0 spiro atoms. The van der Waals surface area contributed by atoms with Crippen molar-refractivity contribution in [1.29, 1.82) is 0 Å². The van der Waals surface area contributed by atoms with Gasteiger partial charge in [-0.15, -0.1) is 12.4 Å². The second-order valence-electron chi connectivity index (χ2n) is 7.07. The molecule has 7 nitrogen and oxygen atoms in total. The number of nitrogens with zero attached hydrogens (tertiary/aromatic N) is 3. The van der Waals surface area contributed by atoms with Crippen molar-refractivity contribution in [1.82, 2.24) is 20.4 Å². The molecular weight excluding hydrogens is 344 g/mol. The molecule has 142 valence electrons. The third kappa shape index (κ3) is 4.71. The van der Waals surface area contributed by atoms with E-state index in [1.54, 1.807) is 0 Å². The first kappa shape index (κ1) is 20.1. The summed E-state index contributed by atoms with van der Waals surface area (Å²) >= 11 is 0. The number of likely N-dealkylation sites (N-methyl/N-ethyl adjacent to an activating group) is 1. The zero-order chi connectivity index (χ0) is 17.0. The first-order valence-electron chi connectivity index (χ1n) is 8.99. The van der Waals surface area contributed by atoms with E-state index in [9.17, 15) is 4.79 Å². The summed E-state index contributed by atoms with van der Waals surface area (Å²) in [6, 6.07) is 0.296. The highest BCUT2D eigenvalue weighted by molar-refractivity contribution is 5.85. The van der Waals surface area contributed by atoms with Crippen molar-refractivity contribution in [2.24, 2.45) is 0 Å². The molecule has 1 saturated carbocycles. The number of hydrogen-bond acceptors (Lipinski definition) is 6. The van der Waals surface area contributed by atoms with Gasteiger partial charge in [-0.25, -0.2) is 0 Å². The molecule has 1 atom stereocenters. The molecule has 1 unspecified atom stereocenters. The monoisotopic (exact) mass is 372 g/mol. The summed E-state index contributed by atoms with van der Waals surface area (Å²) in [6.07, 6.45) is 5.32. The number of carbonyl (C=O) groups excluding carboxylic acids is 1. The maximum Gasteiger partial charge on any atom is 0.233 e. The molecule has 0 radical (unpaired) electrons. The number of aromatic nitrogens is 2. The second kappa shape index (κ2) is 8.96. The highest BCUT2D eigenvalue weighted by Gasteiger charge is 2.43. The van der Waals surface area contributed by atoms with Gasteiger partial charge in [0, 0.05) is 32.0 Å². The van der Waals surface area contributed by atoms with Gasteiger partial charge in [-0.1, -0.05) is 18.0 Å². The smallest absolute Gasteiger partial charge is 0.233 e. The maximum absolute atomic E-state index is 12.7. The Labute approximate surface area is 155 Å². The summed E-state index contributed by atoms with van der Waals surface area (Å²) in [7, 11) is 1.92. The Kier molecular flexibility index (Phi) is 7.22. The Balaban J connectivity index is 0.00000225. The molecule has 1 N–H and O–H groups in total. The van der Waals surface area contributed by atoms with E-state index in [0.717, 1.165) is 37.9 Å². The lowest BCUT2D eigenvalue weighted by Crippen LogP contribution is -2.43. The number of carbonyl (C=O) groups is 1. The average molecular weight is 373 g/mol. The van der Waals surface area contributed by atoms with Crippen molar-refractivity contribution in [2.75, 3.05) is 33.4 Å². The molecule has 1 aliphatic carbocycles. The minimum Gasteiger partial charge on any atom is -0.378 e. The number of ether oxygens (including phenoxy) is 1. The molecule has 0 aromatic carbocycles. The summed E-state index contributed by atoms with van der Waals surface area (Å²) in [5.74, 6) is 1.56. The van der Waals surface area contributed by atoms with Gasteiger partial charge in [0.1, 0.15) is 0 Å². The summed E-state index contributed by atoms with van der Waals surface area (Å²) < 4.78 is 10.9. The molecule has 2 fully saturated rings. The van der Waals surface area contributed by atoms with Gasteiger partial charge in [0.25, 0.3) is 0 Å². The van der Waals surface area contributed by atoms with Crippen molar-refractivity contribution in [3.63, 3.8) is 0 Å². The van der Waals surface area contributed by atoms with Crippen LogP contribution in [-0.4, -0.2) is 60.3 Å². The molecule has 2 heterocycles. The highest BCUT2D eigenvalue weighted by atomic mass is 35.5. The fourth-order valence-corrected chi connectivity index (χ4v) is 3.66. The molecule has 8 heteroatoms. The highest BCUT2D eigenvalue weighted by Crippen LogP contribution is 2.43. The van der Waals surface area contributed by atoms with Crippen molar-refractivity contribution in [3.8, 4) is 0 Å². The minimum absolute atomic E-state index is 0. The fourth-order valence-electron chi connectivity index (χ4n) is 3.66.